The summed E-state index contributed by atoms with van der Waals surface area (Å²) in [6.45, 7) is 5.91. The van der Waals surface area contributed by atoms with E-state index in [1.165, 1.54) is 6.92 Å². The zero-order chi connectivity index (χ0) is 16.8. The SMILES string of the molecule is CC(=O)OCCOC(COC(C)C)n1cnc2cnc(N)nc21. The Morgan fingerprint density at radius 1 is 1.30 bits per heavy atom. The molecule has 2 heterocycles. The van der Waals surface area contributed by atoms with Crippen LogP contribution in [-0.2, 0) is 19.0 Å². The smallest absolute Gasteiger partial charge is 0.302 e. The van der Waals surface area contributed by atoms with Crippen LogP contribution in [0, 0.1) is 0 Å². The van der Waals surface area contributed by atoms with Gasteiger partial charge in [-0.15, -0.1) is 0 Å². The van der Waals surface area contributed by atoms with E-state index >= 15 is 0 Å². The third-order valence-electron chi connectivity index (χ3n) is 2.92. The summed E-state index contributed by atoms with van der Waals surface area (Å²) in [5.74, 6) is -0.195. The van der Waals surface area contributed by atoms with Crippen LogP contribution in [0.4, 0.5) is 5.95 Å². The van der Waals surface area contributed by atoms with Crippen molar-refractivity contribution in [3.05, 3.63) is 12.5 Å². The predicted octanol–water partition coefficient (Wildman–Crippen LogP) is 0.912. The van der Waals surface area contributed by atoms with Gasteiger partial charge >= 0.3 is 5.97 Å². The Balaban J connectivity index is 2.13. The maximum Gasteiger partial charge on any atom is 0.302 e. The second-order valence-electron chi connectivity index (χ2n) is 5.14. The number of nitrogens with two attached hydrogens (primary N) is 1. The number of imidazole rings is 1. The second kappa shape index (κ2) is 7.84. The van der Waals surface area contributed by atoms with Crippen molar-refractivity contribution >= 4 is 23.1 Å². The fourth-order valence-electron chi connectivity index (χ4n) is 1.90. The van der Waals surface area contributed by atoms with E-state index in [-0.39, 0.29) is 31.2 Å². The molecule has 9 heteroatoms. The molecule has 0 amide bonds. The van der Waals surface area contributed by atoms with Gasteiger partial charge in [-0.05, 0) is 13.8 Å². The molecule has 0 saturated carbocycles. The van der Waals surface area contributed by atoms with Gasteiger partial charge in [-0.2, -0.15) is 4.98 Å². The highest BCUT2D eigenvalue weighted by molar-refractivity contribution is 5.70. The van der Waals surface area contributed by atoms with Crippen LogP contribution in [0.1, 0.15) is 27.0 Å². The first-order valence-corrected chi connectivity index (χ1v) is 7.29. The van der Waals surface area contributed by atoms with Gasteiger partial charge in [0.05, 0.1) is 31.8 Å². The summed E-state index contributed by atoms with van der Waals surface area (Å²) in [5, 5.41) is 0. The van der Waals surface area contributed by atoms with E-state index in [0.29, 0.717) is 17.8 Å². The highest BCUT2D eigenvalue weighted by Gasteiger charge is 2.17. The molecule has 1 unspecified atom stereocenters. The van der Waals surface area contributed by atoms with Crippen LogP contribution in [-0.4, -0.2) is 51.4 Å². The lowest BCUT2D eigenvalue weighted by atomic mass is 10.4. The summed E-state index contributed by atoms with van der Waals surface area (Å²) in [6.07, 6.45) is 2.73. The van der Waals surface area contributed by atoms with Gasteiger partial charge in [0.25, 0.3) is 0 Å². The first kappa shape index (κ1) is 17.1. The van der Waals surface area contributed by atoms with Crippen LogP contribution in [0.3, 0.4) is 0 Å². The summed E-state index contributed by atoms with van der Waals surface area (Å²) >= 11 is 0. The molecule has 0 aliphatic rings. The Labute approximate surface area is 133 Å². The number of anilines is 1. The topological polar surface area (TPSA) is 114 Å². The molecule has 0 bridgehead atoms. The van der Waals surface area contributed by atoms with Crippen molar-refractivity contribution in [3.8, 4) is 0 Å². The lowest BCUT2D eigenvalue weighted by molar-refractivity contribution is -0.145. The lowest BCUT2D eigenvalue weighted by Crippen LogP contribution is -2.23. The quantitative estimate of drug-likeness (QED) is 0.563. The Morgan fingerprint density at radius 3 is 2.78 bits per heavy atom. The predicted molar refractivity (Wildman–Crippen MR) is 82.4 cm³/mol. The molecule has 9 nitrogen and oxygen atoms in total. The fraction of sp³-hybridized carbons (Fsp3) is 0.571. The van der Waals surface area contributed by atoms with Crippen LogP contribution < -0.4 is 5.73 Å². The van der Waals surface area contributed by atoms with Gasteiger partial charge in [0.2, 0.25) is 5.95 Å². The van der Waals surface area contributed by atoms with Crippen molar-refractivity contribution in [1.29, 1.82) is 0 Å². The van der Waals surface area contributed by atoms with E-state index in [4.69, 9.17) is 19.9 Å². The minimum absolute atomic E-state index is 0.0454. The Bertz CT molecular complexity index is 658. The summed E-state index contributed by atoms with van der Waals surface area (Å²) in [6, 6.07) is 0. The number of nitrogen functional groups attached to an aromatic ring is 1. The standard InChI is InChI=1S/C14H21N5O4/c1-9(2)23-7-12(22-5-4-21-10(3)20)19-8-17-11-6-16-14(15)18-13(11)19/h6,8-9,12H,4-5,7H2,1-3H3,(H2,15,16,18). The third-order valence-corrected chi connectivity index (χ3v) is 2.92. The molecule has 1 atom stereocenters. The summed E-state index contributed by atoms with van der Waals surface area (Å²) in [5.41, 5.74) is 6.80. The van der Waals surface area contributed by atoms with Crippen molar-refractivity contribution in [2.24, 2.45) is 0 Å². The molecule has 0 aromatic carbocycles. The van der Waals surface area contributed by atoms with Crippen molar-refractivity contribution < 1.29 is 19.0 Å². The average Bonchev–Trinajstić information content (AvgIpc) is 2.89. The van der Waals surface area contributed by atoms with Crippen molar-refractivity contribution in [3.63, 3.8) is 0 Å². The van der Waals surface area contributed by atoms with Gasteiger partial charge < -0.3 is 19.9 Å². The average molecular weight is 323 g/mol. The summed E-state index contributed by atoms with van der Waals surface area (Å²) in [4.78, 5) is 23.1. The molecule has 23 heavy (non-hydrogen) atoms. The monoisotopic (exact) mass is 323 g/mol. The molecule has 2 aromatic heterocycles. The highest BCUT2D eigenvalue weighted by Crippen LogP contribution is 2.18. The molecule has 0 spiro atoms. The van der Waals surface area contributed by atoms with Crippen LogP contribution in [0.25, 0.3) is 11.2 Å². The van der Waals surface area contributed by atoms with Gasteiger partial charge in [-0.3, -0.25) is 9.36 Å². The molecule has 0 saturated heterocycles. The van der Waals surface area contributed by atoms with Crippen molar-refractivity contribution in [1.82, 2.24) is 19.5 Å². The molecule has 2 aromatic rings. The van der Waals surface area contributed by atoms with Crippen molar-refractivity contribution in [2.75, 3.05) is 25.6 Å². The second-order valence-corrected chi connectivity index (χ2v) is 5.14. The number of hydrogen-bond donors (Lipinski definition) is 1. The number of hydrogen-bond acceptors (Lipinski definition) is 8. The van der Waals surface area contributed by atoms with Crippen LogP contribution in [0.15, 0.2) is 12.5 Å². The number of carbonyl (C=O) groups excluding carboxylic acids is 1. The fourth-order valence-corrected chi connectivity index (χ4v) is 1.90. The molecule has 0 aliphatic heterocycles. The molecule has 126 valence electrons. The van der Waals surface area contributed by atoms with Crippen LogP contribution in [0.2, 0.25) is 0 Å². The van der Waals surface area contributed by atoms with Gasteiger partial charge in [0.1, 0.15) is 12.1 Å². The van der Waals surface area contributed by atoms with E-state index in [1.54, 1.807) is 17.1 Å². The van der Waals surface area contributed by atoms with E-state index in [0.717, 1.165) is 0 Å². The van der Waals surface area contributed by atoms with E-state index in [1.807, 2.05) is 13.8 Å². The minimum atomic E-state index is -0.466. The minimum Gasteiger partial charge on any atom is -0.463 e. The molecule has 0 aliphatic carbocycles. The van der Waals surface area contributed by atoms with Crippen molar-refractivity contribution in [2.45, 2.75) is 33.1 Å². The number of rotatable bonds is 8. The van der Waals surface area contributed by atoms with Gasteiger partial charge in [0.15, 0.2) is 11.9 Å². The summed E-state index contributed by atoms with van der Waals surface area (Å²) < 4.78 is 18.0. The summed E-state index contributed by atoms with van der Waals surface area (Å²) in [7, 11) is 0. The first-order valence-electron chi connectivity index (χ1n) is 7.29. The number of ether oxygens (including phenoxy) is 3. The molecule has 0 radical (unpaired) electrons. The van der Waals surface area contributed by atoms with Gasteiger partial charge in [0, 0.05) is 6.92 Å². The number of nitrogens with zero attached hydrogens (tertiary/aromatic N) is 4. The Kier molecular flexibility index (Phi) is 5.83. The maximum atomic E-state index is 10.8. The Hall–Kier alpha value is -2.26. The molecule has 2 N–H and O–H groups in total. The number of fused-ring (bicyclic) bond motifs is 1. The number of carbonyl (C=O) groups is 1. The normalized spacial score (nSPS) is 12.7. The van der Waals surface area contributed by atoms with Gasteiger partial charge in [-0.1, -0.05) is 0 Å². The first-order chi connectivity index (χ1) is 11.0. The van der Waals surface area contributed by atoms with E-state index < -0.39 is 6.23 Å². The van der Waals surface area contributed by atoms with E-state index in [9.17, 15) is 4.79 Å². The van der Waals surface area contributed by atoms with E-state index in [2.05, 4.69) is 15.0 Å². The zero-order valence-corrected chi connectivity index (χ0v) is 13.4. The molecule has 0 fully saturated rings. The molecule has 2 rings (SSSR count). The molecular formula is C14H21N5O4. The highest BCUT2D eigenvalue weighted by atomic mass is 16.6. The van der Waals surface area contributed by atoms with Crippen LogP contribution >= 0.6 is 0 Å². The number of aromatic nitrogens is 4. The Morgan fingerprint density at radius 2 is 2.09 bits per heavy atom. The lowest BCUT2D eigenvalue weighted by Gasteiger charge is -2.21. The number of esters is 1. The largest absolute Gasteiger partial charge is 0.463 e. The third kappa shape index (κ3) is 4.86. The zero-order valence-electron chi connectivity index (χ0n) is 13.4. The van der Waals surface area contributed by atoms with Crippen LogP contribution in [0.5, 0.6) is 0 Å². The molecular weight excluding hydrogens is 302 g/mol. The maximum absolute atomic E-state index is 10.8. The van der Waals surface area contributed by atoms with Gasteiger partial charge in [-0.25, -0.2) is 9.97 Å².